The predicted molar refractivity (Wildman–Crippen MR) is 41.7 cm³/mol. The molecule has 0 saturated heterocycles. The van der Waals surface area contributed by atoms with E-state index in [1.807, 2.05) is 6.07 Å². The van der Waals surface area contributed by atoms with Crippen molar-refractivity contribution >= 4 is 27.5 Å². The lowest BCUT2D eigenvalue weighted by Gasteiger charge is -1.92. The van der Waals surface area contributed by atoms with Crippen LogP contribution >= 0.6 is 27.5 Å². The molecule has 10 heavy (non-hydrogen) atoms. The second kappa shape index (κ2) is 3.00. The standard InChI is InChI=1S/C6H2BrClN2/c7-5-3-10-6(8)1-4(5)2-9/h1,3H. The van der Waals surface area contributed by atoms with Gasteiger partial charge in [0, 0.05) is 6.20 Å². The highest BCUT2D eigenvalue weighted by Crippen LogP contribution is 2.16. The molecule has 0 radical (unpaired) electrons. The summed E-state index contributed by atoms with van der Waals surface area (Å²) in [5.74, 6) is 0. The number of nitrogens with zero attached hydrogens (tertiary/aromatic N) is 2. The Morgan fingerprint density at radius 1 is 1.70 bits per heavy atom. The molecule has 0 unspecified atom stereocenters. The molecular weight excluding hydrogens is 215 g/mol. The van der Waals surface area contributed by atoms with Crippen LogP contribution in [0.2, 0.25) is 5.15 Å². The van der Waals surface area contributed by atoms with Crippen molar-refractivity contribution in [2.75, 3.05) is 0 Å². The van der Waals surface area contributed by atoms with E-state index in [4.69, 9.17) is 16.9 Å². The minimum atomic E-state index is 0.333. The fraction of sp³-hybridized carbons (Fsp3) is 0. The molecule has 0 saturated carbocycles. The molecule has 0 aliphatic carbocycles. The Kier molecular flexibility index (Phi) is 2.25. The number of aromatic nitrogens is 1. The highest BCUT2D eigenvalue weighted by molar-refractivity contribution is 9.10. The maximum absolute atomic E-state index is 8.48. The molecule has 1 aromatic heterocycles. The monoisotopic (exact) mass is 216 g/mol. The van der Waals surface area contributed by atoms with Crippen LogP contribution in [0.3, 0.4) is 0 Å². The largest absolute Gasteiger partial charge is 0.243 e. The van der Waals surface area contributed by atoms with Crippen molar-refractivity contribution in [3.63, 3.8) is 0 Å². The van der Waals surface area contributed by atoms with E-state index in [1.165, 1.54) is 12.3 Å². The van der Waals surface area contributed by atoms with Crippen LogP contribution in [0.25, 0.3) is 0 Å². The number of rotatable bonds is 0. The average Bonchev–Trinajstić information content (AvgIpc) is 1.94. The summed E-state index contributed by atoms with van der Waals surface area (Å²) in [5.41, 5.74) is 0.500. The van der Waals surface area contributed by atoms with E-state index in [0.29, 0.717) is 15.2 Å². The molecule has 50 valence electrons. The van der Waals surface area contributed by atoms with Crippen LogP contribution in [-0.4, -0.2) is 4.98 Å². The molecule has 0 amide bonds. The van der Waals surface area contributed by atoms with E-state index in [9.17, 15) is 0 Å². The SMILES string of the molecule is N#Cc1cc(Cl)ncc1Br. The third-order valence-corrected chi connectivity index (χ3v) is 1.78. The Hall–Kier alpha value is -0.590. The second-order valence-corrected chi connectivity index (χ2v) is 2.84. The average molecular weight is 217 g/mol. The van der Waals surface area contributed by atoms with E-state index in [-0.39, 0.29) is 0 Å². The molecule has 0 aliphatic rings. The normalized spacial score (nSPS) is 8.90. The van der Waals surface area contributed by atoms with Crippen LogP contribution in [0.15, 0.2) is 16.7 Å². The van der Waals surface area contributed by atoms with Crippen molar-refractivity contribution in [2.24, 2.45) is 0 Å². The van der Waals surface area contributed by atoms with Crippen molar-refractivity contribution in [1.82, 2.24) is 4.98 Å². The first-order valence-corrected chi connectivity index (χ1v) is 3.62. The summed E-state index contributed by atoms with van der Waals surface area (Å²) in [6, 6.07) is 3.47. The van der Waals surface area contributed by atoms with Gasteiger partial charge in [-0.15, -0.1) is 0 Å². The van der Waals surface area contributed by atoms with E-state index in [1.54, 1.807) is 0 Å². The van der Waals surface area contributed by atoms with E-state index in [2.05, 4.69) is 20.9 Å². The van der Waals surface area contributed by atoms with Gasteiger partial charge in [0.1, 0.15) is 11.2 Å². The van der Waals surface area contributed by atoms with Crippen LogP contribution in [0.4, 0.5) is 0 Å². The molecule has 0 N–H and O–H groups in total. The summed E-state index contributed by atoms with van der Waals surface area (Å²) < 4.78 is 0.666. The summed E-state index contributed by atoms with van der Waals surface area (Å²) in [6.45, 7) is 0. The Bertz CT molecular complexity index is 292. The number of halogens is 2. The molecule has 0 atom stereocenters. The summed E-state index contributed by atoms with van der Waals surface area (Å²) in [6.07, 6.45) is 1.50. The Balaban J connectivity index is 3.25. The quantitative estimate of drug-likeness (QED) is 0.626. The molecule has 1 aromatic rings. The smallest absolute Gasteiger partial charge is 0.130 e. The van der Waals surface area contributed by atoms with Gasteiger partial charge in [0.2, 0.25) is 0 Å². The molecule has 1 rings (SSSR count). The number of nitriles is 1. The van der Waals surface area contributed by atoms with Crippen LogP contribution in [0, 0.1) is 11.3 Å². The Labute approximate surface area is 71.6 Å². The van der Waals surface area contributed by atoms with Crippen LogP contribution < -0.4 is 0 Å². The lowest BCUT2D eigenvalue weighted by atomic mass is 10.3. The van der Waals surface area contributed by atoms with Gasteiger partial charge in [0.15, 0.2) is 0 Å². The third kappa shape index (κ3) is 1.47. The van der Waals surface area contributed by atoms with Gasteiger partial charge >= 0.3 is 0 Å². The molecule has 1 heterocycles. The topological polar surface area (TPSA) is 36.7 Å². The second-order valence-electron chi connectivity index (χ2n) is 1.60. The first-order valence-electron chi connectivity index (χ1n) is 2.45. The number of pyridine rings is 1. The Morgan fingerprint density at radius 3 is 2.90 bits per heavy atom. The van der Waals surface area contributed by atoms with Gasteiger partial charge in [0.25, 0.3) is 0 Å². The molecule has 0 bridgehead atoms. The highest BCUT2D eigenvalue weighted by atomic mass is 79.9. The van der Waals surface area contributed by atoms with Crippen LogP contribution in [-0.2, 0) is 0 Å². The lowest BCUT2D eigenvalue weighted by Crippen LogP contribution is -1.79. The zero-order valence-electron chi connectivity index (χ0n) is 4.81. The molecule has 0 spiro atoms. The number of hydrogen-bond acceptors (Lipinski definition) is 2. The zero-order valence-corrected chi connectivity index (χ0v) is 7.15. The maximum Gasteiger partial charge on any atom is 0.130 e. The van der Waals surface area contributed by atoms with Gasteiger partial charge in [0.05, 0.1) is 10.0 Å². The molecular formula is C6H2BrClN2. The molecule has 0 fully saturated rings. The summed E-state index contributed by atoms with van der Waals surface area (Å²) in [4.78, 5) is 3.75. The third-order valence-electron chi connectivity index (χ3n) is 0.942. The Morgan fingerprint density at radius 2 is 2.40 bits per heavy atom. The van der Waals surface area contributed by atoms with E-state index < -0.39 is 0 Å². The minimum absolute atomic E-state index is 0.333. The van der Waals surface area contributed by atoms with Gasteiger partial charge in [-0.25, -0.2) is 4.98 Å². The fourth-order valence-corrected chi connectivity index (χ4v) is 0.962. The van der Waals surface area contributed by atoms with Gasteiger partial charge < -0.3 is 0 Å². The summed E-state index contributed by atoms with van der Waals surface area (Å²) >= 11 is 8.66. The number of hydrogen-bond donors (Lipinski definition) is 0. The van der Waals surface area contributed by atoms with Gasteiger partial charge in [-0.1, -0.05) is 11.6 Å². The van der Waals surface area contributed by atoms with Crippen molar-refractivity contribution in [1.29, 1.82) is 5.26 Å². The molecule has 4 heteroatoms. The van der Waals surface area contributed by atoms with E-state index >= 15 is 0 Å². The van der Waals surface area contributed by atoms with Crippen molar-refractivity contribution < 1.29 is 0 Å². The fourth-order valence-electron chi connectivity index (χ4n) is 0.499. The maximum atomic E-state index is 8.48. The van der Waals surface area contributed by atoms with Crippen molar-refractivity contribution in [3.05, 3.63) is 27.5 Å². The van der Waals surface area contributed by atoms with Crippen molar-refractivity contribution in [2.45, 2.75) is 0 Å². The van der Waals surface area contributed by atoms with Gasteiger partial charge in [-0.05, 0) is 22.0 Å². The summed E-state index contributed by atoms with van der Waals surface area (Å²) in [5, 5.41) is 8.81. The van der Waals surface area contributed by atoms with Gasteiger partial charge in [-0.3, -0.25) is 0 Å². The van der Waals surface area contributed by atoms with E-state index in [0.717, 1.165) is 0 Å². The van der Waals surface area contributed by atoms with Crippen molar-refractivity contribution in [3.8, 4) is 6.07 Å². The van der Waals surface area contributed by atoms with Crippen LogP contribution in [0.5, 0.6) is 0 Å². The lowest BCUT2D eigenvalue weighted by molar-refractivity contribution is 1.29. The molecule has 2 nitrogen and oxygen atoms in total. The summed E-state index contributed by atoms with van der Waals surface area (Å²) in [7, 11) is 0. The highest BCUT2D eigenvalue weighted by Gasteiger charge is 1.98. The van der Waals surface area contributed by atoms with Crippen LogP contribution in [0.1, 0.15) is 5.56 Å². The zero-order chi connectivity index (χ0) is 7.56. The molecule has 0 aromatic carbocycles. The first kappa shape index (κ1) is 7.52. The first-order chi connectivity index (χ1) is 4.74. The molecule has 0 aliphatic heterocycles. The minimum Gasteiger partial charge on any atom is -0.243 e. The predicted octanol–water partition coefficient (Wildman–Crippen LogP) is 2.37. The van der Waals surface area contributed by atoms with Gasteiger partial charge in [-0.2, -0.15) is 5.26 Å².